The molecule has 0 amide bonds. The van der Waals surface area contributed by atoms with Crippen LogP contribution < -0.4 is 10.5 Å². The first kappa shape index (κ1) is 11.3. The number of aromatic nitrogens is 2. The van der Waals surface area contributed by atoms with Gasteiger partial charge in [0.2, 0.25) is 11.7 Å². The second-order valence-corrected chi connectivity index (χ2v) is 6.04. The van der Waals surface area contributed by atoms with Crippen LogP contribution in [0.15, 0.2) is 33.7 Å². The highest BCUT2D eigenvalue weighted by atomic mass is 32.2. The lowest BCUT2D eigenvalue weighted by Gasteiger charge is -2.22. The van der Waals surface area contributed by atoms with Crippen LogP contribution in [0.3, 0.4) is 0 Å². The molecule has 1 fully saturated rings. The first-order valence-electron chi connectivity index (χ1n) is 6.26. The Balaban J connectivity index is 1.59. The minimum atomic E-state index is -0.384. The van der Waals surface area contributed by atoms with Crippen molar-refractivity contribution in [2.24, 2.45) is 5.73 Å². The zero-order valence-corrected chi connectivity index (χ0v) is 11.0. The monoisotopic (exact) mass is 275 g/mol. The summed E-state index contributed by atoms with van der Waals surface area (Å²) in [6.45, 7) is 0. The third-order valence-electron chi connectivity index (χ3n) is 3.45. The molecule has 5 nitrogen and oxygen atoms in total. The van der Waals surface area contributed by atoms with Gasteiger partial charge in [0.05, 0.1) is 5.54 Å². The van der Waals surface area contributed by atoms with E-state index >= 15 is 0 Å². The summed E-state index contributed by atoms with van der Waals surface area (Å²) >= 11 is 1.75. The van der Waals surface area contributed by atoms with Crippen molar-refractivity contribution in [2.75, 3.05) is 5.75 Å². The van der Waals surface area contributed by atoms with E-state index in [0.717, 1.165) is 29.2 Å². The highest BCUT2D eigenvalue weighted by Crippen LogP contribution is 2.43. The Kier molecular flexibility index (Phi) is 2.37. The van der Waals surface area contributed by atoms with Gasteiger partial charge in [-0.1, -0.05) is 17.3 Å². The lowest BCUT2D eigenvalue weighted by atomic mass is 10.3. The number of ether oxygens (including phenoxy) is 1. The number of nitrogens with two attached hydrogens (primary N) is 1. The number of benzene rings is 1. The van der Waals surface area contributed by atoms with E-state index in [1.54, 1.807) is 11.8 Å². The van der Waals surface area contributed by atoms with Gasteiger partial charge in [-0.3, -0.25) is 0 Å². The minimum absolute atomic E-state index is 0.167. The lowest BCUT2D eigenvalue weighted by molar-refractivity contribution is 0.205. The van der Waals surface area contributed by atoms with E-state index < -0.39 is 0 Å². The maximum atomic E-state index is 6.05. The van der Waals surface area contributed by atoms with Crippen molar-refractivity contribution in [3.05, 3.63) is 36.0 Å². The van der Waals surface area contributed by atoms with Gasteiger partial charge in [-0.15, -0.1) is 11.8 Å². The second-order valence-electron chi connectivity index (χ2n) is 4.98. The van der Waals surface area contributed by atoms with Crippen molar-refractivity contribution in [2.45, 2.75) is 29.4 Å². The van der Waals surface area contributed by atoms with Crippen molar-refractivity contribution in [3.8, 4) is 5.75 Å². The fourth-order valence-electron chi connectivity index (χ4n) is 2.06. The van der Waals surface area contributed by atoms with Gasteiger partial charge in [0.15, 0.2) is 6.10 Å². The first-order chi connectivity index (χ1) is 9.24. The number of para-hydroxylation sites is 1. The maximum Gasteiger partial charge on any atom is 0.246 e. The Morgan fingerprint density at radius 3 is 3.00 bits per heavy atom. The number of hydrogen-bond acceptors (Lipinski definition) is 6. The molecule has 2 N–H and O–H groups in total. The molecule has 1 atom stereocenters. The maximum absolute atomic E-state index is 6.05. The van der Waals surface area contributed by atoms with Crippen LogP contribution in [0.25, 0.3) is 0 Å². The average Bonchev–Trinajstić information content (AvgIpc) is 3.02. The van der Waals surface area contributed by atoms with E-state index in [4.69, 9.17) is 15.0 Å². The van der Waals surface area contributed by atoms with Crippen LogP contribution in [0, 0.1) is 0 Å². The molecule has 1 saturated carbocycles. The summed E-state index contributed by atoms with van der Waals surface area (Å²) < 4.78 is 11.2. The Labute approximate surface area is 114 Å². The predicted octanol–water partition coefficient (Wildman–Crippen LogP) is 2.24. The normalized spacial score (nSPS) is 23.5. The molecule has 19 heavy (non-hydrogen) atoms. The second kappa shape index (κ2) is 3.98. The van der Waals surface area contributed by atoms with Crippen LogP contribution in [0.4, 0.5) is 0 Å². The molecule has 6 heteroatoms. The molecule has 2 heterocycles. The highest BCUT2D eigenvalue weighted by Gasteiger charge is 2.46. The molecule has 4 rings (SSSR count). The van der Waals surface area contributed by atoms with Crippen molar-refractivity contribution in [1.82, 2.24) is 10.1 Å². The Morgan fingerprint density at radius 1 is 1.32 bits per heavy atom. The van der Waals surface area contributed by atoms with Crippen molar-refractivity contribution in [1.29, 1.82) is 0 Å². The quantitative estimate of drug-likeness (QED) is 0.906. The number of thioether (sulfide) groups is 1. The van der Waals surface area contributed by atoms with Gasteiger partial charge in [-0.2, -0.15) is 4.98 Å². The van der Waals surface area contributed by atoms with Gasteiger partial charge in [0, 0.05) is 10.6 Å². The molecule has 1 aliphatic carbocycles. The molecule has 0 saturated heterocycles. The number of fused-ring (bicyclic) bond motifs is 1. The Morgan fingerprint density at radius 2 is 2.16 bits per heavy atom. The highest BCUT2D eigenvalue weighted by molar-refractivity contribution is 7.99. The zero-order valence-electron chi connectivity index (χ0n) is 10.2. The average molecular weight is 275 g/mol. The standard InChI is InChI=1S/C13H13N3O2S/c14-13(5-6-13)12-15-11(16-18-12)9-7-19-10-4-2-1-3-8(10)17-9/h1-4,9H,5-7,14H2. The Hall–Kier alpha value is -1.53. The first-order valence-corrected chi connectivity index (χ1v) is 7.25. The van der Waals surface area contributed by atoms with Gasteiger partial charge >= 0.3 is 0 Å². The SMILES string of the molecule is NC1(c2nc(C3CSc4ccccc4O3)no2)CC1. The molecule has 0 bridgehead atoms. The number of hydrogen-bond donors (Lipinski definition) is 1. The lowest BCUT2D eigenvalue weighted by Crippen LogP contribution is -2.20. The Bertz CT molecular complexity index is 624. The van der Waals surface area contributed by atoms with E-state index in [9.17, 15) is 0 Å². The van der Waals surface area contributed by atoms with E-state index in [1.807, 2.05) is 18.2 Å². The molecule has 1 aromatic carbocycles. The van der Waals surface area contributed by atoms with Gasteiger partial charge in [-0.05, 0) is 25.0 Å². The van der Waals surface area contributed by atoms with Gasteiger partial charge < -0.3 is 15.0 Å². The third-order valence-corrected chi connectivity index (χ3v) is 4.57. The van der Waals surface area contributed by atoms with Gasteiger partial charge in [-0.25, -0.2) is 0 Å². The predicted molar refractivity (Wildman–Crippen MR) is 69.9 cm³/mol. The summed E-state index contributed by atoms with van der Waals surface area (Å²) in [5.41, 5.74) is 5.66. The smallest absolute Gasteiger partial charge is 0.246 e. The summed E-state index contributed by atoms with van der Waals surface area (Å²) in [5, 5.41) is 4.01. The fourth-order valence-corrected chi connectivity index (χ4v) is 3.04. The third kappa shape index (κ3) is 1.91. The largest absolute Gasteiger partial charge is 0.480 e. The minimum Gasteiger partial charge on any atom is -0.480 e. The summed E-state index contributed by atoms with van der Waals surface area (Å²) in [4.78, 5) is 5.55. The summed E-state index contributed by atoms with van der Waals surface area (Å²) in [6, 6.07) is 7.98. The molecule has 1 unspecified atom stereocenters. The van der Waals surface area contributed by atoms with E-state index in [2.05, 4.69) is 16.2 Å². The number of rotatable bonds is 2. The van der Waals surface area contributed by atoms with Crippen LogP contribution in [-0.4, -0.2) is 15.9 Å². The van der Waals surface area contributed by atoms with Crippen LogP contribution >= 0.6 is 11.8 Å². The molecular weight excluding hydrogens is 262 g/mol. The van der Waals surface area contributed by atoms with Crippen molar-refractivity contribution < 1.29 is 9.26 Å². The molecule has 1 aliphatic heterocycles. The summed E-state index contributed by atoms with van der Waals surface area (Å²) in [5.74, 6) is 2.79. The van der Waals surface area contributed by atoms with Gasteiger partial charge in [0.1, 0.15) is 5.75 Å². The zero-order chi connectivity index (χ0) is 12.9. The molecular formula is C13H13N3O2S. The number of nitrogens with zero attached hydrogens (tertiary/aromatic N) is 2. The molecule has 1 aromatic heterocycles. The van der Waals surface area contributed by atoms with Crippen molar-refractivity contribution in [3.63, 3.8) is 0 Å². The van der Waals surface area contributed by atoms with Crippen LogP contribution in [-0.2, 0) is 5.54 Å². The van der Waals surface area contributed by atoms with Crippen LogP contribution in [0.1, 0.15) is 30.7 Å². The molecule has 0 radical (unpaired) electrons. The molecule has 2 aromatic rings. The van der Waals surface area contributed by atoms with Crippen molar-refractivity contribution >= 4 is 11.8 Å². The molecule has 0 spiro atoms. The fraction of sp³-hybridized carbons (Fsp3) is 0.385. The van der Waals surface area contributed by atoms with E-state index in [0.29, 0.717) is 11.7 Å². The topological polar surface area (TPSA) is 74.2 Å². The summed E-state index contributed by atoms with van der Waals surface area (Å²) in [6.07, 6.45) is 1.66. The molecule has 98 valence electrons. The van der Waals surface area contributed by atoms with E-state index in [1.165, 1.54) is 0 Å². The molecule has 2 aliphatic rings. The van der Waals surface area contributed by atoms with Gasteiger partial charge in [0.25, 0.3) is 0 Å². The summed E-state index contributed by atoms with van der Waals surface area (Å²) in [7, 11) is 0. The van der Waals surface area contributed by atoms with E-state index in [-0.39, 0.29) is 11.6 Å². The van der Waals surface area contributed by atoms with Crippen LogP contribution in [0.2, 0.25) is 0 Å². The van der Waals surface area contributed by atoms with Crippen LogP contribution in [0.5, 0.6) is 5.75 Å².